The Hall–Kier alpha value is -1.34. The van der Waals surface area contributed by atoms with Crippen molar-refractivity contribution in [3.05, 3.63) is 0 Å². The molecule has 0 spiro atoms. The lowest BCUT2D eigenvalue weighted by atomic mass is 9.90. The summed E-state index contributed by atoms with van der Waals surface area (Å²) in [5.41, 5.74) is 3.42. The third-order valence-corrected chi connectivity index (χ3v) is 3.68. The number of nitrogens with zero attached hydrogens (tertiary/aromatic N) is 1. The Morgan fingerprint density at radius 2 is 1.74 bits per heavy atom. The van der Waals surface area contributed by atoms with Crippen LogP contribution in [-0.4, -0.2) is 55.5 Å². The Balaban J connectivity index is 3.03. The minimum Gasteiger partial charge on any atom is -0.453 e. The molecule has 0 aliphatic carbocycles. The van der Waals surface area contributed by atoms with Crippen molar-refractivity contribution in [3.63, 3.8) is 0 Å². The van der Waals surface area contributed by atoms with Crippen LogP contribution in [0.1, 0.15) is 26.7 Å². The molecule has 7 heteroatoms. The van der Waals surface area contributed by atoms with E-state index in [9.17, 15) is 9.59 Å². The molecular formula is C12H23N3O4. The second-order valence-electron chi connectivity index (χ2n) is 5.14. The van der Waals surface area contributed by atoms with Gasteiger partial charge in [0.1, 0.15) is 5.60 Å². The number of alkyl carbamates (subject to hydrolysis) is 1. The molecule has 1 aliphatic heterocycles. The van der Waals surface area contributed by atoms with Gasteiger partial charge in [0.2, 0.25) is 5.66 Å². The lowest BCUT2D eigenvalue weighted by molar-refractivity contribution is -0.150. The number of nitrogens with two attached hydrogens (primary N) is 1. The zero-order valence-corrected chi connectivity index (χ0v) is 12.0. The molecule has 1 saturated heterocycles. The Bertz CT molecular complexity index is 353. The van der Waals surface area contributed by atoms with Crippen LogP contribution in [0.2, 0.25) is 0 Å². The van der Waals surface area contributed by atoms with Gasteiger partial charge in [-0.15, -0.1) is 0 Å². The average molecular weight is 273 g/mol. The highest BCUT2D eigenvalue weighted by atomic mass is 16.5. The van der Waals surface area contributed by atoms with E-state index in [0.29, 0.717) is 13.1 Å². The molecule has 0 bridgehead atoms. The molecule has 7 nitrogen and oxygen atoms in total. The molecule has 1 rings (SSSR count). The van der Waals surface area contributed by atoms with Gasteiger partial charge in [-0.05, 0) is 26.7 Å². The quantitative estimate of drug-likeness (QED) is 0.706. The SMILES string of the molecule is COC(=O)N[C@](N)(C(=O)N1CCCC1)C(C)(C)OC. The van der Waals surface area contributed by atoms with Crippen molar-refractivity contribution < 1.29 is 19.1 Å². The summed E-state index contributed by atoms with van der Waals surface area (Å²) in [6.45, 7) is 4.58. The first-order valence-electron chi connectivity index (χ1n) is 6.28. The van der Waals surface area contributed by atoms with Crippen LogP contribution in [0.25, 0.3) is 0 Å². The Labute approximate surface area is 113 Å². The van der Waals surface area contributed by atoms with Crippen LogP contribution in [0.4, 0.5) is 4.79 Å². The van der Waals surface area contributed by atoms with E-state index in [1.807, 2.05) is 0 Å². The Morgan fingerprint density at radius 1 is 1.21 bits per heavy atom. The Morgan fingerprint density at radius 3 is 2.16 bits per heavy atom. The van der Waals surface area contributed by atoms with Crippen molar-refractivity contribution in [1.82, 2.24) is 10.2 Å². The molecule has 0 aromatic carbocycles. The largest absolute Gasteiger partial charge is 0.453 e. The van der Waals surface area contributed by atoms with Crippen molar-refractivity contribution in [2.75, 3.05) is 27.3 Å². The van der Waals surface area contributed by atoms with Crippen molar-refractivity contribution in [1.29, 1.82) is 0 Å². The zero-order chi connectivity index (χ0) is 14.7. The van der Waals surface area contributed by atoms with E-state index in [2.05, 4.69) is 10.1 Å². The van der Waals surface area contributed by atoms with E-state index in [4.69, 9.17) is 10.5 Å². The molecule has 0 saturated carbocycles. The highest BCUT2D eigenvalue weighted by Crippen LogP contribution is 2.25. The van der Waals surface area contributed by atoms with Gasteiger partial charge in [-0.3, -0.25) is 15.8 Å². The summed E-state index contributed by atoms with van der Waals surface area (Å²) in [6.07, 6.45) is 1.11. The van der Waals surface area contributed by atoms with E-state index in [1.54, 1.807) is 18.7 Å². The lowest BCUT2D eigenvalue weighted by Gasteiger charge is -2.42. The average Bonchev–Trinajstić information content (AvgIpc) is 2.90. The van der Waals surface area contributed by atoms with Gasteiger partial charge < -0.3 is 14.4 Å². The predicted octanol–water partition coefficient (Wildman–Crippen LogP) is 0.0448. The van der Waals surface area contributed by atoms with E-state index >= 15 is 0 Å². The van der Waals surface area contributed by atoms with Gasteiger partial charge in [-0.1, -0.05) is 0 Å². The number of carbonyl (C=O) groups excluding carboxylic acids is 2. The molecule has 3 N–H and O–H groups in total. The number of hydrogen-bond donors (Lipinski definition) is 2. The summed E-state index contributed by atoms with van der Waals surface area (Å²) in [4.78, 5) is 25.7. The normalized spacial score (nSPS) is 18.9. The topological polar surface area (TPSA) is 93.9 Å². The van der Waals surface area contributed by atoms with E-state index in [-0.39, 0.29) is 5.91 Å². The maximum Gasteiger partial charge on any atom is 0.408 e. The fourth-order valence-corrected chi connectivity index (χ4v) is 2.00. The van der Waals surface area contributed by atoms with Crippen LogP contribution in [0, 0.1) is 0 Å². The van der Waals surface area contributed by atoms with Gasteiger partial charge in [0.25, 0.3) is 5.91 Å². The Kier molecular flexibility index (Phi) is 4.75. The maximum atomic E-state index is 12.6. The molecule has 0 aromatic heterocycles. The number of nitrogens with one attached hydrogen (secondary N) is 1. The van der Waals surface area contributed by atoms with E-state index in [1.165, 1.54) is 14.2 Å². The van der Waals surface area contributed by atoms with Crippen LogP contribution < -0.4 is 11.1 Å². The number of amides is 2. The molecule has 1 fully saturated rings. The smallest absolute Gasteiger partial charge is 0.408 e. The molecule has 1 atom stereocenters. The van der Waals surface area contributed by atoms with Crippen LogP contribution in [0.3, 0.4) is 0 Å². The summed E-state index contributed by atoms with van der Waals surface area (Å²) in [5, 5.41) is 2.41. The highest BCUT2D eigenvalue weighted by molar-refractivity contribution is 5.90. The number of methoxy groups -OCH3 is 2. The van der Waals surface area contributed by atoms with Crippen LogP contribution in [0.15, 0.2) is 0 Å². The van der Waals surface area contributed by atoms with Crippen molar-refractivity contribution >= 4 is 12.0 Å². The molecule has 19 heavy (non-hydrogen) atoms. The highest BCUT2D eigenvalue weighted by Gasteiger charge is 2.52. The standard InChI is InChI=1S/C12H23N3O4/c1-11(2,19-4)12(13,14-10(17)18-3)9(16)15-7-5-6-8-15/h5-8,13H2,1-4H3,(H,14,17)/t12-/m1/s1. The van der Waals surface area contributed by atoms with Gasteiger partial charge in [-0.25, -0.2) is 4.79 Å². The predicted molar refractivity (Wildman–Crippen MR) is 69.4 cm³/mol. The molecule has 0 radical (unpaired) electrons. The van der Waals surface area contributed by atoms with Gasteiger partial charge >= 0.3 is 6.09 Å². The first kappa shape index (κ1) is 15.7. The first-order chi connectivity index (χ1) is 8.78. The summed E-state index contributed by atoms with van der Waals surface area (Å²) < 4.78 is 9.83. The third-order valence-electron chi connectivity index (χ3n) is 3.68. The fourth-order valence-electron chi connectivity index (χ4n) is 2.00. The molecule has 2 amide bonds. The van der Waals surface area contributed by atoms with Gasteiger partial charge in [0.05, 0.1) is 7.11 Å². The second kappa shape index (κ2) is 5.75. The van der Waals surface area contributed by atoms with E-state index < -0.39 is 17.4 Å². The van der Waals surface area contributed by atoms with E-state index in [0.717, 1.165) is 12.8 Å². The number of carbonyl (C=O) groups is 2. The summed E-state index contributed by atoms with van der Waals surface area (Å²) in [7, 11) is 2.66. The van der Waals surface area contributed by atoms with Gasteiger partial charge in [-0.2, -0.15) is 0 Å². The van der Waals surface area contributed by atoms with Crippen molar-refractivity contribution in [3.8, 4) is 0 Å². The third kappa shape index (κ3) is 2.98. The monoisotopic (exact) mass is 273 g/mol. The van der Waals surface area contributed by atoms with Gasteiger partial charge in [0, 0.05) is 20.2 Å². The second-order valence-corrected chi connectivity index (χ2v) is 5.14. The molecule has 1 heterocycles. The molecule has 110 valence electrons. The zero-order valence-electron chi connectivity index (χ0n) is 12.0. The number of likely N-dealkylation sites (tertiary alicyclic amines) is 1. The summed E-state index contributed by atoms with van der Waals surface area (Å²) in [6, 6.07) is 0. The molecule has 0 aromatic rings. The number of hydrogen-bond acceptors (Lipinski definition) is 5. The first-order valence-corrected chi connectivity index (χ1v) is 6.28. The molecule has 0 unspecified atom stereocenters. The van der Waals surface area contributed by atoms with Gasteiger partial charge in [0.15, 0.2) is 0 Å². The van der Waals surface area contributed by atoms with Crippen LogP contribution in [-0.2, 0) is 14.3 Å². The number of rotatable bonds is 4. The molecule has 1 aliphatic rings. The fraction of sp³-hybridized carbons (Fsp3) is 0.833. The number of ether oxygens (including phenoxy) is 2. The summed E-state index contributed by atoms with van der Waals surface area (Å²) >= 11 is 0. The lowest BCUT2D eigenvalue weighted by Crippen LogP contribution is -2.75. The maximum absolute atomic E-state index is 12.6. The minimum atomic E-state index is -1.67. The van der Waals surface area contributed by atoms with Crippen LogP contribution >= 0.6 is 0 Å². The van der Waals surface area contributed by atoms with Crippen LogP contribution in [0.5, 0.6) is 0 Å². The summed E-state index contributed by atoms with van der Waals surface area (Å²) in [5.74, 6) is -0.359. The van der Waals surface area contributed by atoms with Crippen molar-refractivity contribution in [2.45, 2.75) is 38.0 Å². The molecular weight excluding hydrogens is 250 g/mol. The van der Waals surface area contributed by atoms with Crippen molar-refractivity contribution in [2.24, 2.45) is 5.73 Å². The minimum absolute atomic E-state index is 0.359.